The van der Waals surface area contributed by atoms with Gasteiger partial charge >= 0.3 is 0 Å². The van der Waals surface area contributed by atoms with Gasteiger partial charge in [0.2, 0.25) is 17.6 Å². The number of rotatable bonds is 5. The first-order valence-corrected chi connectivity index (χ1v) is 9.89. The largest absolute Gasteiger partial charge is 0.497 e. The van der Waals surface area contributed by atoms with Crippen molar-refractivity contribution in [3.8, 4) is 17.1 Å². The summed E-state index contributed by atoms with van der Waals surface area (Å²) in [6, 6.07) is 11.6. The van der Waals surface area contributed by atoms with Crippen LogP contribution < -0.4 is 4.74 Å². The lowest BCUT2D eigenvalue weighted by Gasteiger charge is -2.31. The molecule has 0 bridgehead atoms. The molecule has 0 radical (unpaired) electrons. The third-order valence-electron chi connectivity index (χ3n) is 4.80. The average Bonchev–Trinajstić information content (AvgIpc) is 3.40. The molecule has 1 amide bonds. The van der Waals surface area contributed by atoms with E-state index in [2.05, 4.69) is 10.1 Å². The molecule has 6 nitrogen and oxygen atoms in total. The minimum Gasteiger partial charge on any atom is -0.497 e. The summed E-state index contributed by atoms with van der Waals surface area (Å²) in [6.07, 6.45) is 2.35. The molecule has 4 rings (SSSR count). The maximum Gasteiger partial charge on any atom is 0.231 e. The van der Waals surface area contributed by atoms with E-state index in [1.54, 1.807) is 18.4 Å². The molecule has 3 aromatic rings. The summed E-state index contributed by atoms with van der Waals surface area (Å²) in [5.41, 5.74) is 0.853. The van der Waals surface area contributed by atoms with Gasteiger partial charge in [-0.3, -0.25) is 4.79 Å². The number of piperidine rings is 1. The van der Waals surface area contributed by atoms with E-state index in [0.717, 1.165) is 35.6 Å². The van der Waals surface area contributed by atoms with Gasteiger partial charge in [0.15, 0.2) is 0 Å². The molecule has 0 N–H and O–H groups in total. The van der Waals surface area contributed by atoms with E-state index in [9.17, 15) is 4.79 Å². The normalized spacial score (nSPS) is 17.1. The molecular formula is C20H21N3O3S. The van der Waals surface area contributed by atoms with E-state index in [1.165, 1.54) is 0 Å². The number of hydrogen-bond donors (Lipinski definition) is 0. The molecule has 0 saturated carbocycles. The Morgan fingerprint density at radius 1 is 1.37 bits per heavy atom. The number of likely N-dealkylation sites (tertiary alicyclic amines) is 1. The van der Waals surface area contributed by atoms with Gasteiger partial charge in [-0.25, -0.2) is 0 Å². The van der Waals surface area contributed by atoms with Crippen LogP contribution in [0.4, 0.5) is 0 Å². The Morgan fingerprint density at radius 3 is 3.11 bits per heavy atom. The van der Waals surface area contributed by atoms with Crippen LogP contribution in [0.2, 0.25) is 0 Å². The van der Waals surface area contributed by atoms with E-state index in [1.807, 2.05) is 46.7 Å². The van der Waals surface area contributed by atoms with Crippen molar-refractivity contribution in [3.63, 3.8) is 0 Å². The van der Waals surface area contributed by atoms with Gasteiger partial charge in [0, 0.05) is 23.5 Å². The number of methoxy groups -OCH3 is 1. The molecule has 1 aliphatic heterocycles. The van der Waals surface area contributed by atoms with Gasteiger partial charge in [-0.1, -0.05) is 23.4 Å². The molecule has 1 aliphatic rings. The molecule has 2 aromatic heterocycles. The minimum atomic E-state index is 0.0814. The number of carbonyl (C=O) groups is 1. The van der Waals surface area contributed by atoms with Crippen molar-refractivity contribution in [2.24, 2.45) is 0 Å². The predicted molar refractivity (Wildman–Crippen MR) is 103 cm³/mol. The van der Waals surface area contributed by atoms with Crippen LogP contribution in [0.25, 0.3) is 11.4 Å². The second-order valence-electron chi connectivity index (χ2n) is 6.62. The molecule has 7 heteroatoms. The quantitative estimate of drug-likeness (QED) is 0.671. The van der Waals surface area contributed by atoms with E-state index >= 15 is 0 Å². The van der Waals surface area contributed by atoms with Crippen LogP contribution in [0.5, 0.6) is 5.75 Å². The van der Waals surface area contributed by atoms with E-state index < -0.39 is 0 Å². The third-order valence-corrected chi connectivity index (χ3v) is 5.67. The van der Waals surface area contributed by atoms with Crippen molar-refractivity contribution in [2.45, 2.75) is 25.2 Å². The second-order valence-corrected chi connectivity index (χ2v) is 7.66. The predicted octanol–water partition coefficient (Wildman–Crippen LogP) is 3.76. The molecule has 140 valence electrons. The van der Waals surface area contributed by atoms with Gasteiger partial charge in [0.05, 0.1) is 19.4 Å². The van der Waals surface area contributed by atoms with E-state index in [4.69, 9.17) is 9.26 Å². The Kier molecular flexibility index (Phi) is 5.20. The molecule has 3 heterocycles. The topological polar surface area (TPSA) is 68.5 Å². The highest BCUT2D eigenvalue weighted by molar-refractivity contribution is 7.10. The van der Waals surface area contributed by atoms with Crippen molar-refractivity contribution in [1.29, 1.82) is 0 Å². The van der Waals surface area contributed by atoms with Gasteiger partial charge in [-0.05, 0) is 36.4 Å². The van der Waals surface area contributed by atoms with Gasteiger partial charge in [0.1, 0.15) is 5.75 Å². The summed E-state index contributed by atoms with van der Waals surface area (Å²) in [6.45, 7) is 1.42. The van der Waals surface area contributed by atoms with Crippen LogP contribution in [0.15, 0.2) is 46.3 Å². The molecule has 0 aliphatic carbocycles. The summed E-state index contributed by atoms with van der Waals surface area (Å²) in [5.74, 6) is 2.14. The number of carbonyl (C=O) groups excluding carboxylic acids is 1. The summed E-state index contributed by atoms with van der Waals surface area (Å²) in [5, 5.41) is 6.12. The van der Waals surface area contributed by atoms with Crippen LogP contribution in [0.1, 0.15) is 29.5 Å². The second kappa shape index (κ2) is 7.92. The van der Waals surface area contributed by atoms with Crippen LogP contribution in [0.3, 0.4) is 0 Å². The lowest BCUT2D eigenvalue weighted by Crippen LogP contribution is -2.39. The molecule has 1 aromatic carbocycles. The summed E-state index contributed by atoms with van der Waals surface area (Å²) in [7, 11) is 1.63. The first-order chi connectivity index (χ1) is 13.2. The first kappa shape index (κ1) is 17.7. The Hall–Kier alpha value is -2.67. The molecule has 1 atom stereocenters. The Bertz CT molecular complexity index is 907. The Morgan fingerprint density at radius 2 is 2.30 bits per heavy atom. The van der Waals surface area contributed by atoms with Gasteiger partial charge < -0.3 is 14.2 Å². The molecular weight excluding hydrogens is 362 g/mol. The highest BCUT2D eigenvalue weighted by atomic mass is 32.1. The van der Waals surface area contributed by atoms with Gasteiger partial charge in [-0.15, -0.1) is 11.3 Å². The number of thiophene rings is 1. The fourth-order valence-electron chi connectivity index (χ4n) is 3.36. The first-order valence-electron chi connectivity index (χ1n) is 9.01. The maximum atomic E-state index is 12.6. The molecule has 27 heavy (non-hydrogen) atoms. The summed E-state index contributed by atoms with van der Waals surface area (Å²) in [4.78, 5) is 20.2. The Labute approximate surface area is 161 Å². The summed E-state index contributed by atoms with van der Waals surface area (Å²) < 4.78 is 10.8. The lowest BCUT2D eigenvalue weighted by atomic mass is 9.97. The SMILES string of the molecule is COc1cccc(-c2noc(C3CCCN(C(=O)Cc4cccs4)C3)n2)c1. The van der Waals surface area contributed by atoms with Gasteiger partial charge in [-0.2, -0.15) is 4.98 Å². The minimum absolute atomic E-state index is 0.0814. The fraction of sp³-hybridized carbons (Fsp3) is 0.350. The van der Waals surface area contributed by atoms with Crippen LogP contribution in [0, 0.1) is 0 Å². The van der Waals surface area contributed by atoms with E-state index in [0.29, 0.717) is 24.7 Å². The average molecular weight is 383 g/mol. The number of benzene rings is 1. The molecule has 0 spiro atoms. The highest BCUT2D eigenvalue weighted by Crippen LogP contribution is 2.29. The number of hydrogen-bond acceptors (Lipinski definition) is 6. The molecule has 1 fully saturated rings. The van der Waals surface area contributed by atoms with Crippen molar-refractivity contribution in [1.82, 2.24) is 15.0 Å². The number of amides is 1. The van der Waals surface area contributed by atoms with Crippen LogP contribution in [-0.2, 0) is 11.2 Å². The summed E-state index contributed by atoms with van der Waals surface area (Å²) >= 11 is 1.62. The molecule has 1 saturated heterocycles. The lowest BCUT2D eigenvalue weighted by molar-refractivity contribution is -0.131. The monoisotopic (exact) mass is 383 g/mol. The zero-order valence-electron chi connectivity index (χ0n) is 15.1. The number of ether oxygens (including phenoxy) is 1. The zero-order valence-corrected chi connectivity index (χ0v) is 15.9. The standard InChI is InChI=1S/C20H21N3O3S/c1-25-16-7-2-5-14(11-16)19-21-20(26-22-19)15-6-3-9-23(13-15)18(24)12-17-8-4-10-27-17/h2,4-5,7-8,10-11,15H,3,6,9,12-13H2,1H3. The van der Waals surface area contributed by atoms with Crippen molar-refractivity contribution in [2.75, 3.05) is 20.2 Å². The van der Waals surface area contributed by atoms with Crippen molar-refractivity contribution >= 4 is 17.2 Å². The van der Waals surface area contributed by atoms with Crippen molar-refractivity contribution < 1.29 is 14.1 Å². The van der Waals surface area contributed by atoms with E-state index in [-0.39, 0.29) is 11.8 Å². The Balaban J connectivity index is 1.45. The van der Waals surface area contributed by atoms with Crippen LogP contribution >= 0.6 is 11.3 Å². The zero-order chi connectivity index (χ0) is 18.6. The molecule has 1 unspecified atom stereocenters. The van der Waals surface area contributed by atoms with Crippen LogP contribution in [-0.4, -0.2) is 41.1 Å². The maximum absolute atomic E-state index is 12.6. The fourth-order valence-corrected chi connectivity index (χ4v) is 4.06. The third kappa shape index (κ3) is 4.03. The number of nitrogens with zero attached hydrogens (tertiary/aromatic N) is 3. The number of aromatic nitrogens is 2. The van der Waals surface area contributed by atoms with Crippen molar-refractivity contribution in [3.05, 3.63) is 52.5 Å². The van der Waals surface area contributed by atoms with Gasteiger partial charge in [0.25, 0.3) is 0 Å². The smallest absolute Gasteiger partial charge is 0.231 e. The highest BCUT2D eigenvalue weighted by Gasteiger charge is 2.28.